The van der Waals surface area contributed by atoms with Crippen molar-refractivity contribution in [2.24, 2.45) is 0 Å². The highest BCUT2D eigenvalue weighted by atomic mass is 16.7. The molecule has 66 heavy (non-hydrogen) atoms. The molecule has 0 bridgehead atoms. The van der Waals surface area contributed by atoms with Crippen molar-refractivity contribution in [3.05, 3.63) is 48.6 Å². The van der Waals surface area contributed by atoms with Crippen molar-refractivity contribution in [1.29, 1.82) is 0 Å². The van der Waals surface area contributed by atoms with Crippen LogP contribution < -0.4 is 0 Å². The van der Waals surface area contributed by atoms with Gasteiger partial charge in [0.25, 0.3) is 0 Å². The van der Waals surface area contributed by atoms with E-state index < -0.39 is 0 Å². The van der Waals surface area contributed by atoms with Crippen molar-refractivity contribution in [3.8, 4) is 0 Å². The highest BCUT2D eigenvalue weighted by Crippen LogP contribution is 2.14. The molecule has 0 aromatic heterocycles. The van der Waals surface area contributed by atoms with E-state index in [-0.39, 0.29) is 31.1 Å². The number of hydrogen-bond donors (Lipinski definition) is 1. The number of allylic oxidation sites excluding steroid dienone is 8. The summed E-state index contributed by atoms with van der Waals surface area (Å²) >= 11 is 0. The molecule has 0 aromatic carbocycles. The molecule has 0 aromatic rings. The molecule has 1 atom stereocenters. The average molecular weight is 934 g/mol. The van der Waals surface area contributed by atoms with Crippen LogP contribution in [0.3, 0.4) is 0 Å². The second kappa shape index (κ2) is 53.6. The van der Waals surface area contributed by atoms with E-state index in [9.17, 15) is 14.7 Å². The molecular formula is C56H103NO9. The summed E-state index contributed by atoms with van der Waals surface area (Å²) in [5.74, 6) is -0.343. The summed E-state index contributed by atoms with van der Waals surface area (Å²) in [6.07, 6.45) is 45.8. The lowest BCUT2D eigenvalue weighted by Gasteiger charge is -2.22. The van der Waals surface area contributed by atoms with Crippen molar-refractivity contribution < 1.29 is 43.1 Å². The minimum absolute atomic E-state index is 0.171. The minimum Gasteiger partial charge on any atom is -0.466 e. The topological polar surface area (TPSA) is 113 Å². The van der Waals surface area contributed by atoms with Crippen molar-refractivity contribution >= 4 is 11.9 Å². The lowest BCUT2D eigenvalue weighted by molar-refractivity contribution is -0.159. The van der Waals surface area contributed by atoms with Gasteiger partial charge in [0.2, 0.25) is 0 Å². The van der Waals surface area contributed by atoms with Crippen LogP contribution in [0.5, 0.6) is 0 Å². The molecule has 386 valence electrons. The first-order chi connectivity index (χ1) is 32.5. The number of ether oxygens (including phenoxy) is 6. The maximum atomic E-state index is 12.5. The van der Waals surface area contributed by atoms with E-state index in [1.54, 1.807) is 0 Å². The molecule has 0 amide bonds. The summed E-state index contributed by atoms with van der Waals surface area (Å²) < 4.78 is 35.3. The van der Waals surface area contributed by atoms with Gasteiger partial charge in [-0.05, 0) is 148 Å². The number of nitrogens with zero attached hydrogens (tertiary/aromatic N) is 1. The van der Waals surface area contributed by atoms with Gasteiger partial charge in [0.1, 0.15) is 0 Å². The lowest BCUT2D eigenvalue weighted by Crippen LogP contribution is -2.27. The molecule has 0 heterocycles. The van der Waals surface area contributed by atoms with Gasteiger partial charge in [-0.25, -0.2) is 0 Å². The number of esters is 2. The summed E-state index contributed by atoms with van der Waals surface area (Å²) in [5.41, 5.74) is 0. The number of carbonyl (C=O) groups is 2. The summed E-state index contributed by atoms with van der Waals surface area (Å²) in [6.45, 7) is 15.2. The summed E-state index contributed by atoms with van der Waals surface area (Å²) in [7, 11) is 0. The Balaban J connectivity index is 4.23. The van der Waals surface area contributed by atoms with Gasteiger partial charge in [-0.1, -0.05) is 108 Å². The van der Waals surface area contributed by atoms with E-state index in [0.717, 1.165) is 187 Å². The van der Waals surface area contributed by atoms with Gasteiger partial charge in [-0.3, -0.25) is 9.59 Å². The van der Waals surface area contributed by atoms with Crippen LogP contribution in [0.4, 0.5) is 0 Å². The van der Waals surface area contributed by atoms with Crippen molar-refractivity contribution in [2.75, 3.05) is 65.9 Å². The molecule has 1 unspecified atom stereocenters. The van der Waals surface area contributed by atoms with E-state index in [0.29, 0.717) is 65.3 Å². The first-order valence-electron chi connectivity index (χ1n) is 27.2. The molecule has 0 saturated heterocycles. The average Bonchev–Trinajstić information content (AvgIpc) is 3.32. The normalized spacial score (nSPS) is 12.7. The summed E-state index contributed by atoms with van der Waals surface area (Å²) in [5, 5.41) is 9.46. The fraction of sp³-hybridized carbons (Fsp3) is 0.821. The number of hydrogen-bond acceptors (Lipinski definition) is 10. The van der Waals surface area contributed by atoms with Crippen LogP contribution in [0, 0.1) is 0 Å². The highest BCUT2D eigenvalue weighted by molar-refractivity contribution is 5.69. The van der Waals surface area contributed by atoms with Gasteiger partial charge >= 0.3 is 11.9 Å². The molecule has 0 radical (unpaired) electrons. The minimum atomic E-state index is -0.363. The number of aliphatic hydroxyl groups excluding tert-OH is 1. The molecule has 0 fully saturated rings. The smallest absolute Gasteiger partial charge is 0.305 e. The Labute approximate surface area is 406 Å². The van der Waals surface area contributed by atoms with Gasteiger partial charge in [0.05, 0.1) is 26.1 Å². The Morgan fingerprint density at radius 3 is 1.12 bits per heavy atom. The zero-order valence-electron chi connectivity index (χ0n) is 43.2. The maximum Gasteiger partial charge on any atom is 0.305 e. The van der Waals surface area contributed by atoms with Crippen molar-refractivity contribution in [2.45, 2.75) is 233 Å². The van der Waals surface area contributed by atoms with E-state index in [4.69, 9.17) is 28.4 Å². The number of aliphatic hydroxyl groups is 1. The van der Waals surface area contributed by atoms with Gasteiger partial charge in [0.15, 0.2) is 12.6 Å². The third-order valence-corrected chi connectivity index (χ3v) is 11.3. The number of unbranched alkanes of at least 4 members (excludes halogenated alkanes) is 16. The number of carbonyl (C=O) groups excluding carboxylic acids is 2. The van der Waals surface area contributed by atoms with Crippen LogP contribution >= 0.6 is 0 Å². The zero-order valence-corrected chi connectivity index (χ0v) is 43.2. The number of rotatable bonds is 52. The van der Waals surface area contributed by atoms with Gasteiger partial charge in [-0.15, -0.1) is 0 Å². The van der Waals surface area contributed by atoms with Crippen LogP contribution in [0.2, 0.25) is 0 Å². The second-order valence-electron chi connectivity index (χ2n) is 17.5. The van der Waals surface area contributed by atoms with E-state index in [1.807, 2.05) is 6.92 Å². The molecular weight excluding hydrogens is 831 g/mol. The SMILES string of the molecule is C/C=C\CCCCOC(CCC(=O)OCCCCCCCN(CCCO)CCCCCCCOC(=O)CCC(OCCCC/C=C\CC)OCCCC/C=C\CC)OCCCC/C=C\CC. The third kappa shape index (κ3) is 48.1. The third-order valence-electron chi connectivity index (χ3n) is 11.3. The quantitative estimate of drug-likeness (QED) is 0.0274. The predicted molar refractivity (Wildman–Crippen MR) is 275 cm³/mol. The monoisotopic (exact) mass is 934 g/mol. The molecule has 0 spiro atoms. The first kappa shape index (κ1) is 63.7. The van der Waals surface area contributed by atoms with Crippen molar-refractivity contribution in [3.63, 3.8) is 0 Å². The van der Waals surface area contributed by atoms with Crippen molar-refractivity contribution in [1.82, 2.24) is 4.90 Å². The molecule has 0 aliphatic rings. The first-order valence-corrected chi connectivity index (χ1v) is 27.2. The molecule has 10 heteroatoms. The Kier molecular flexibility index (Phi) is 51.7. The Morgan fingerprint density at radius 2 is 0.758 bits per heavy atom. The van der Waals surface area contributed by atoms with Crippen LogP contribution in [0.15, 0.2) is 48.6 Å². The molecule has 10 nitrogen and oxygen atoms in total. The van der Waals surface area contributed by atoms with E-state index in [1.165, 1.54) is 0 Å². The predicted octanol–water partition coefficient (Wildman–Crippen LogP) is 14.1. The molecule has 0 aliphatic carbocycles. The molecule has 0 saturated carbocycles. The highest BCUT2D eigenvalue weighted by Gasteiger charge is 2.15. The molecule has 1 N–H and O–H groups in total. The lowest BCUT2D eigenvalue weighted by atomic mass is 10.1. The largest absolute Gasteiger partial charge is 0.466 e. The Hall–Kier alpha value is -2.34. The maximum absolute atomic E-state index is 12.5. The molecule has 0 rings (SSSR count). The fourth-order valence-electron chi connectivity index (χ4n) is 7.32. The summed E-state index contributed by atoms with van der Waals surface area (Å²) in [6, 6.07) is 0. The second-order valence-corrected chi connectivity index (χ2v) is 17.5. The van der Waals surface area contributed by atoms with Gasteiger partial charge in [-0.2, -0.15) is 0 Å². The van der Waals surface area contributed by atoms with Gasteiger partial charge in [0, 0.05) is 52.4 Å². The van der Waals surface area contributed by atoms with Crippen LogP contribution in [0.1, 0.15) is 220 Å². The molecule has 0 aliphatic heterocycles. The fourth-order valence-corrected chi connectivity index (χ4v) is 7.32. The Bertz CT molecular complexity index is 1120. The van der Waals surface area contributed by atoms with Crippen LogP contribution in [-0.2, 0) is 38.0 Å². The Morgan fingerprint density at radius 1 is 0.424 bits per heavy atom. The van der Waals surface area contributed by atoms with Crippen LogP contribution in [0.25, 0.3) is 0 Å². The summed E-state index contributed by atoms with van der Waals surface area (Å²) in [4.78, 5) is 27.6. The van der Waals surface area contributed by atoms with Gasteiger partial charge < -0.3 is 38.4 Å². The van der Waals surface area contributed by atoms with E-state index >= 15 is 0 Å². The zero-order chi connectivity index (χ0) is 48.1. The van der Waals surface area contributed by atoms with Crippen LogP contribution in [-0.4, -0.2) is 100 Å². The van der Waals surface area contributed by atoms with E-state index in [2.05, 4.69) is 74.3 Å². The standard InChI is InChI=1S/C56H103NO9/c1-5-9-13-17-25-35-50-64-55(63-49-34-24-16-12-8-4)41-39-53(59)61-47-32-28-20-22-30-43-57(45-38-46-58)44-31-23-21-29-33-48-62-54(60)40-42-56(65-51-36-26-18-14-10-6-2)66-52-37-27-19-15-11-7-3/h8-15,55-56,58H,5-7,16-52H2,1-4H3/b12-8-,13-9-,14-10-,15-11-.